The first-order valence-electron chi connectivity index (χ1n) is 7.74. The van der Waals surface area contributed by atoms with Crippen LogP contribution in [0.15, 0.2) is 12.2 Å². The van der Waals surface area contributed by atoms with Gasteiger partial charge in [-0.05, 0) is 19.3 Å². The van der Waals surface area contributed by atoms with E-state index in [9.17, 15) is 4.79 Å². The number of carbonyl (C=O) groups excluding carboxylic acids is 1. The lowest BCUT2D eigenvalue weighted by Crippen LogP contribution is -2.45. The van der Waals surface area contributed by atoms with Gasteiger partial charge in [0.2, 0.25) is 5.91 Å². The van der Waals surface area contributed by atoms with E-state index in [1.807, 2.05) is 11.8 Å². The first kappa shape index (κ1) is 14.3. The third-order valence-corrected chi connectivity index (χ3v) is 4.17. The predicted molar refractivity (Wildman–Crippen MR) is 77.5 cm³/mol. The van der Waals surface area contributed by atoms with Gasteiger partial charge >= 0.3 is 0 Å². The van der Waals surface area contributed by atoms with Gasteiger partial charge in [-0.1, -0.05) is 19.1 Å². The molecule has 1 amide bonds. The van der Waals surface area contributed by atoms with Crippen molar-refractivity contribution >= 4 is 5.91 Å². The first-order chi connectivity index (χ1) is 10.3. The predicted octanol–water partition coefficient (Wildman–Crippen LogP) is 1.62. The fourth-order valence-electron chi connectivity index (χ4n) is 2.89. The van der Waals surface area contributed by atoms with Gasteiger partial charge in [0.05, 0.1) is 13.2 Å². The number of amides is 1. The Morgan fingerprint density at radius 3 is 3.14 bits per heavy atom. The molecular formula is C15H22N4O2. The Bertz CT molecular complexity index is 525. The zero-order valence-electron chi connectivity index (χ0n) is 12.4. The minimum absolute atomic E-state index is 0.132. The summed E-state index contributed by atoms with van der Waals surface area (Å²) >= 11 is 0. The van der Waals surface area contributed by atoms with E-state index in [4.69, 9.17) is 4.74 Å². The summed E-state index contributed by atoms with van der Waals surface area (Å²) in [6, 6.07) is 0. The number of H-pyrrole nitrogens is 1. The van der Waals surface area contributed by atoms with Crippen LogP contribution in [-0.2, 0) is 16.0 Å². The van der Waals surface area contributed by atoms with Gasteiger partial charge in [-0.2, -0.15) is 5.10 Å². The number of ether oxygens (including phenoxy) is 1. The molecule has 3 rings (SSSR count). The normalized spacial score (nSPS) is 26.0. The zero-order valence-corrected chi connectivity index (χ0v) is 12.4. The van der Waals surface area contributed by atoms with Crippen LogP contribution in [0.1, 0.15) is 43.9 Å². The molecule has 0 saturated carbocycles. The fraction of sp³-hybridized carbons (Fsp3) is 0.667. The number of nitrogens with one attached hydrogen (secondary N) is 1. The Morgan fingerprint density at radius 2 is 2.43 bits per heavy atom. The Labute approximate surface area is 124 Å². The standard InChI is InChI=1S/C15H22N4O2/c1-2-13-16-14(18-17-13)12-10-19(8-9-21-12)15(20)11-6-4-3-5-7-11/h3-4,11-12H,2,5-10H2,1H3,(H,16,17,18)/t11-,12-/m0/s1. The topological polar surface area (TPSA) is 71.1 Å². The molecule has 1 N–H and O–H groups in total. The lowest BCUT2D eigenvalue weighted by molar-refractivity contribution is -0.143. The van der Waals surface area contributed by atoms with Crippen molar-refractivity contribution < 1.29 is 9.53 Å². The third-order valence-electron chi connectivity index (χ3n) is 4.17. The summed E-state index contributed by atoms with van der Waals surface area (Å²) in [4.78, 5) is 18.9. The van der Waals surface area contributed by atoms with E-state index in [1.54, 1.807) is 0 Å². The largest absolute Gasteiger partial charge is 0.366 e. The number of morpholine rings is 1. The molecule has 2 heterocycles. The van der Waals surface area contributed by atoms with E-state index in [0.717, 1.165) is 31.5 Å². The molecule has 114 valence electrons. The highest BCUT2D eigenvalue weighted by molar-refractivity contribution is 5.79. The van der Waals surface area contributed by atoms with Crippen LogP contribution in [0.25, 0.3) is 0 Å². The van der Waals surface area contributed by atoms with Crippen LogP contribution >= 0.6 is 0 Å². The summed E-state index contributed by atoms with van der Waals surface area (Å²) < 4.78 is 5.74. The maximum atomic E-state index is 12.6. The Hall–Kier alpha value is -1.69. The molecule has 6 nitrogen and oxygen atoms in total. The van der Waals surface area contributed by atoms with Gasteiger partial charge in [0.15, 0.2) is 5.82 Å². The molecule has 2 atom stereocenters. The quantitative estimate of drug-likeness (QED) is 0.859. The number of nitrogens with zero attached hydrogens (tertiary/aromatic N) is 3. The number of hydrogen-bond acceptors (Lipinski definition) is 4. The molecular weight excluding hydrogens is 268 g/mol. The van der Waals surface area contributed by atoms with Crippen molar-refractivity contribution in [2.24, 2.45) is 5.92 Å². The maximum Gasteiger partial charge on any atom is 0.226 e. The lowest BCUT2D eigenvalue weighted by Gasteiger charge is -2.34. The molecule has 21 heavy (non-hydrogen) atoms. The van der Waals surface area contributed by atoms with E-state index >= 15 is 0 Å². The van der Waals surface area contributed by atoms with Gasteiger partial charge < -0.3 is 9.64 Å². The van der Waals surface area contributed by atoms with Gasteiger partial charge in [0.1, 0.15) is 11.9 Å². The van der Waals surface area contributed by atoms with Crippen molar-refractivity contribution in [2.75, 3.05) is 19.7 Å². The molecule has 1 aromatic heterocycles. The third kappa shape index (κ3) is 3.15. The SMILES string of the molecule is CCc1nc([C@@H]2CN(C(=O)[C@H]3CC=CCC3)CCO2)n[nH]1. The molecule has 0 radical (unpaired) electrons. The second-order valence-corrected chi connectivity index (χ2v) is 5.62. The minimum Gasteiger partial charge on any atom is -0.366 e. The van der Waals surface area contributed by atoms with Crippen LogP contribution < -0.4 is 0 Å². The first-order valence-corrected chi connectivity index (χ1v) is 7.74. The number of aryl methyl sites for hydroxylation is 1. The molecule has 1 saturated heterocycles. The van der Waals surface area contributed by atoms with Crippen LogP contribution in [0, 0.1) is 5.92 Å². The summed E-state index contributed by atoms with van der Waals surface area (Å²) in [6.07, 6.45) is 7.71. The number of hydrogen-bond donors (Lipinski definition) is 1. The highest BCUT2D eigenvalue weighted by Crippen LogP contribution is 2.25. The van der Waals surface area contributed by atoms with E-state index in [1.165, 1.54) is 0 Å². The van der Waals surface area contributed by atoms with E-state index in [0.29, 0.717) is 25.5 Å². The molecule has 1 aromatic rings. The van der Waals surface area contributed by atoms with E-state index < -0.39 is 0 Å². The summed E-state index contributed by atoms with van der Waals surface area (Å²) in [7, 11) is 0. The van der Waals surface area contributed by atoms with Gasteiger partial charge in [-0.15, -0.1) is 0 Å². The Kier molecular flexibility index (Phi) is 4.34. The summed E-state index contributed by atoms with van der Waals surface area (Å²) in [6.45, 7) is 3.80. The second kappa shape index (κ2) is 6.39. The highest BCUT2D eigenvalue weighted by atomic mass is 16.5. The zero-order chi connectivity index (χ0) is 14.7. The minimum atomic E-state index is -0.210. The van der Waals surface area contributed by atoms with Crippen LogP contribution in [-0.4, -0.2) is 45.7 Å². The van der Waals surface area contributed by atoms with Crippen molar-refractivity contribution in [1.82, 2.24) is 20.1 Å². The van der Waals surface area contributed by atoms with Gasteiger partial charge in [0.25, 0.3) is 0 Å². The summed E-state index contributed by atoms with van der Waals surface area (Å²) in [5.41, 5.74) is 0. The van der Waals surface area contributed by atoms with Crippen LogP contribution in [0.5, 0.6) is 0 Å². The molecule has 1 fully saturated rings. The van der Waals surface area contributed by atoms with Gasteiger partial charge in [0, 0.05) is 18.9 Å². The Balaban J connectivity index is 1.64. The molecule has 1 aliphatic heterocycles. The fourth-order valence-corrected chi connectivity index (χ4v) is 2.89. The number of rotatable bonds is 3. The number of allylic oxidation sites excluding steroid dienone is 2. The maximum absolute atomic E-state index is 12.6. The molecule has 0 spiro atoms. The van der Waals surface area contributed by atoms with Gasteiger partial charge in [-0.3, -0.25) is 9.89 Å². The highest BCUT2D eigenvalue weighted by Gasteiger charge is 2.31. The molecule has 0 aromatic carbocycles. The molecule has 1 aliphatic carbocycles. The monoisotopic (exact) mass is 290 g/mol. The molecule has 0 bridgehead atoms. The average Bonchev–Trinajstić information content (AvgIpc) is 3.04. The molecule has 6 heteroatoms. The number of aromatic amines is 1. The summed E-state index contributed by atoms with van der Waals surface area (Å²) in [5, 5.41) is 7.11. The van der Waals surface area contributed by atoms with Crippen molar-refractivity contribution in [3.63, 3.8) is 0 Å². The van der Waals surface area contributed by atoms with E-state index in [-0.39, 0.29) is 17.9 Å². The second-order valence-electron chi connectivity index (χ2n) is 5.62. The van der Waals surface area contributed by atoms with Crippen LogP contribution in [0.2, 0.25) is 0 Å². The lowest BCUT2D eigenvalue weighted by atomic mass is 9.93. The van der Waals surface area contributed by atoms with Crippen molar-refractivity contribution in [3.8, 4) is 0 Å². The number of carbonyl (C=O) groups is 1. The van der Waals surface area contributed by atoms with Gasteiger partial charge in [-0.25, -0.2) is 4.98 Å². The van der Waals surface area contributed by atoms with Crippen molar-refractivity contribution in [3.05, 3.63) is 23.8 Å². The number of aromatic nitrogens is 3. The van der Waals surface area contributed by atoms with Crippen LogP contribution in [0.3, 0.4) is 0 Å². The molecule has 0 unspecified atom stereocenters. The van der Waals surface area contributed by atoms with Crippen molar-refractivity contribution in [1.29, 1.82) is 0 Å². The van der Waals surface area contributed by atoms with Crippen LogP contribution in [0.4, 0.5) is 0 Å². The molecule has 2 aliphatic rings. The van der Waals surface area contributed by atoms with Crippen molar-refractivity contribution in [2.45, 2.75) is 38.7 Å². The smallest absolute Gasteiger partial charge is 0.226 e. The van der Waals surface area contributed by atoms with E-state index in [2.05, 4.69) is 27.3 Å². The Morgan fingerprint density at radius 1 is 1.52 bits per heavy atom. The average molecular weight is 290 g/mol. The summed E-state index contributed by atoms with van der Waals surface area (Å²) in [5.74, 6) is 1.90.